The molecule has 3 aliphatic rings. The molecule has 2 aliphatic heterocycles. The summed E-state index contributed by atoms with van der Waals surface area (Å²) in [6.07, 6.45) is 6.02. The lowest BCUT2D eigenvalue weighted by atomic mass is 9.82. The molecule has 2 aromatic rings. The molecule has 3 fully saturated rings. The Hall–Kier alpha value is -2.25. The van der Waals surface area contributed by atoms with Gasteiger partial charge in [0.1, 0.15) is 0 Å². The molecule has 3 unspecified atom stereocenters. The fraction of sp³-hybridized carbons (Fsp3) is 0.464. The first-order valence-electron chi connectivity index (χ1n) is 12.7. The van der Waals surface area contributed by atoms with Crippen molar-refractivity contribution in [3.63, 3.8) is 0 Å². The summed E-state index contributed by atoms with van der Waals surface area (Å²) >= 11 is 9.21. The Morgan fingerprint density at radius 1 is 0.971 bits per heavy atom. The molecule has 2 heterocycles. The number of likely N-dealkylation sites (tertiary alicyclic amines) is 1. The number of amides is 2. The second-order valence-corrected chi connectivity index (χ2v) is 11.8. The number of nitrogens with zero attached hydrogens (tertiary/aromatic N) is 2. The highest BCUT2D eigenvalue weighted by Gasteiger charge is 2.42. The monoisotopic (exact) mass is 553 g/mol. The number of piperidine rings is 1. The van der Waals surface area contributed by atoms with E-state index in [9.17, 15) is 9.59 Å². The van der Waals surface area contributed by atoms with Gasteiger partial charge in [-0.15, -0.1) is 0 Å². The first-order valence-corrected chi connectivity index (χ1v) is 14.0. The molecule has 1 aliphatic carbocycles. The van der Waals surface area contributed by atoms with E-state index < -0.39 is 0 Å². The molecule has 1 N–H and O–H groups in total. The van der Waals surface area contributed by atoms with Gasteiger partial charge in [-0.2, -0.15) is 0 Å². The van der Waals surface area contributed by atoms with Gasteiger partial charge < -0.3 is 10.2 Å². The molecule has 35 heavy (non-hydrogen) atoms. The SMILES string of the molecule is O=C(c1ccc(CN2C(=O)C3CC(Br)CCC3NC2=S)cc1)N1CCC(Cc2ccccc2)CC1. The van der Waals surface area contributed by atoms with Crippen molar-refractivity contribution in [3.05, 3.63) is 71.3 Å². The van der Waals surface area contributed by atoms with E-state index in [4.69, 9.17) is 12.2 Å². The fourth-order valence-electron chi connectivity index (χ4n) is 5.66. The largest absolute Gasteiger partial charge is 0.359 e. The van der Waals surface area contributed by atoms with Crippen LogP contribution in [0.3, 0.4) is 0 Å². The number of carbonyl (C=O) groups is 2. The van der Waals surface area contributed by atoms with Crippen LogP contribution >= 0.6 is 28.1 Å². The minimum absolute atomic E-state index is 0.0366. The summed E-state index contributed by atoms with van der Waals surface area (Å²) in [5.74, 6) is 0.799. The normalized spacial score (nSPS) is 25.2. The number of nitrogens with one attached hydrogen (secondary N) is 1. The van der Waals surface area contributed by atoms with Crippen LogP contribution in [-0.4, -0.2) is 50.7 Å². The van der Waals surface area contributed by atoms with Gasteiger partial charge in [0.25, 0.3) is 5.91 Å². The number of carbonyl (C=O) groups excluding carboxylic acids is 2. The number of hydrogen-bond donors (Lipinski definition) is 1. The van der Waals surface area contributed by atoms with Crippen LogP contribution in [0.5, 0.6) is 0 Å². The molecule has 2 saturated heterocycles. The van der Waals surface area contributed by atoms with E-state index in [1.54, 1.807) is 4.90 Å². The van der Waals surface area contributed by atoms with E-state index in [-0.39, 0.29) is 23.8 Å². The predicted molar refractivity (Wildman–Crippen MR) is 145 cm³/mol. The van der Waals surface area contributed by atoms with Gasteiger partial charge in [0.15, 0.2) is 5.11 Å². The molecule has 3 atom stereocenters. The third-order valence-corrected chi connectivity index (χ3v) is 8.90. The van der Waals surface area contributed by atoms with Gasteiger partial charge in [-0.1, -0.05) is 58.4 Å². The summed E-state index contributed by atoms with van der Waals surface area (Å²) in [5.41, 5.74) is 3.06. The predicted octanol–water partition coefficient (Wildman–Crippen LogP) is 4.93. The van der Waals surface area contributed by atoms with Crippen molar-refractivity contribution in [3.8, 4) is 0 Å². The number of hydrogen-bond acceptors (Lipinski definition) is 3. The van der Waals surface area contributed by atoms with Gasteiger partial charge in [-0.25, -0.2) is 0 Å². The van der Waals surface area contributed by atoms with Crippen LogP contribution < -0.4 is 5.32 Å². The Morgan fingerprint density at radius 3 is 2.40 bits per heavy atom. The van der Waals surface area contributed by atoms with E-state index in [1.165, 1.54) is 5.56 Å². The first kappa shape index (κ1) is 24.4. The minimum atomic E-state index is -0.0366. The van der Waals surface area contributed by atoms with Gasteiger partial charge in [0, 0.05) is 29.5 Å². The summed E-state index contributed by atoms with van der Waals surface area (Å²) in [6, 6.07) is 18.4. The van der Waals surface area contributed by atoms with Crippen molar-refractivity contribution in [2.75, 3.05) is 13.1 Å². The van der Waals surface area contributed by atoms with Crippen LogP contribution in [0.1, 0.15) is 53.6 Å². The van der Waals surface area contributed by atoms with Crippen molar-refractivity contribution >= 4 is 45.1 Å². The maximum atomic E-state index is 13.2. The summed E-state index contributed by atoms with van der Waals surface area (Å²) in [5, 5.41) is 3.90. The highest BCUT2D eigenvalue weighted by molar-refractivity contribution is 9.09. The Bertz CT molecular complexity index is 1070. The second-order valence-electron chi connectivity index (χ2n) is 10.1. The lowest BCUT2D eigenvalue weighted by Crippen LogP contribution is -2.61. The van der Waals surface area contributed by atoms with Crippen LogP contribution in [0, 0.1) is 11.8 Å². The number of thiocarbonyl (C=S) groups is 1. The molecule has 7 heteroatoms. The third-order valence-electron chi connectivity index (χ3n) is 7.73. The summed E-state index contributed by atoms with van der Waals surface area (Å²) < 4.78 is 0. The lowest BCUT2D eigenvalue weighted by Gasteiger charge is -2.43. The molecule has 0 spiro atoms. The summed E-state index contributed by atoms with van der Waals surface area (Å²) in [6.45, 7) is 2.04. The standard InChI is InChI=1S/C28H32BrN3O2S/c29-23-10-11-25-24(17-23)27(34)32(28(35)30-25)18-21-6-8-22(9-7-21)26(33)31-14-12-20(13-15-31)16-19-4-2-1-3-5-19/h1-9,20,23-25H,10-18H2,(H,30,35). The van der Waals surface area contributed by atoms with Crippen molar-refractivity contribution in [2.24, 2.45) is 11.8 Å². The number of fused-ring (bicyclic) bond motifs is 1. The molecule has 2 aromatic carbocycles. The van der Waals surface area contributed by atoms with E-state index >= 15 is 0 Å². The molecular weight excluding hydrogens is 522 g/mol. The zero-order chi connectivity index (χ0) is 24.4. The Morgan fingerprint density at radius 2 is 1.69 bits per heavy atom. The van der Waals surface area contributed by atoms with E-state index in [0.29, 0.717) is 28.0 Å². The zero-order valence-electron chi connectivity index (χ0n) is 19.9. The minimum Gasteiger partial charge on any atom is -0.359 e. The molecule has 0 aromatic heterocycles. The fourth-order valence-corrected chi connectivity index (χ4v) is 6.63. The molecule has 1 saturated carbocycles. The van der Waals surface area contributed by atoms with Crippen molar-refractivity contribution in [1.29, 1.82) is 0 Å². The molecule has 5 nitrogen and oxygen atoms in total. The Kier molecular flexibility index (Phi) is 7.54. The van der Waals surface area contributed by atoms with Crippen LogP contribution in [0.25, 0.3) is 0 Å². The molecule has 0 radical (unpaired) electrons. The lowest BCUT2D eigenvalue weighted by molar-refractivity contribution is -0.135. The number of halogens is 1. The topological polar surface area (TPSA) is 52.7 Å². The van der Waals surface area contributed by atoms with Crippen LogP contribution in [0.2, 0.25) is 0 Å². The average molecular weight is 555 g/mol. The smallest absolute Gasteiger partial charge is 0.253 e. The molecule has 0 bridgehead atoms. The third kappa shape index (κ3) is 5.61. The van der Waals surface area contributed by atoms with Gasteiger partial charge in [0.2, 0.25) is 5.91 Å². The van der Waals surface area contributed by atoms with Crippen LogP contribution in [0.15, 0.2) is 54.6 Å². The van der Waals surface area contributed by atoms with E-state index in [0.717, 1.165) is 57.2 Å². The maximum Gasteiger partial charge on any atom is 0.253 e. The van der Waals surface area contributed by atoms with Gasteiger partial charge >= 0.3 is 0 Å². The quantitative estimate of drug-likeness (QED) is 0.421. The molecule has 184 valence electrons. The Balaban J connectivity index is 1.16. The van der Waals surface area contributed by atoms with Crippen LogP contribution in [-0.2, 0) is 17.8 Å². The number of alkyl halides is 1. The maximum absolute atomic E-state index is 13.2. The van der Waals surface area contributed by atoms with E-state index in [1.807, 2.05) is 29.2 Å². The zero-order valence-corrected chi connectivity index (χ0v) is 22.3. The molecule has 2 amide bonds. The summed E-state index contributed by atoms with van der Waals surface area (Å²) in [4.78, 5) is 30.3. The molecule has 5 rings (SSSR count). The molecular formula is C28H32BrN3O2S. The first-order chi connectivity index (χ1) is 17.0. The van der Waals surface area contributed by atoms with Crippen molar-refractivity contribution in [1.82, 2.24) is 15.1 Å². The van der Waals surface area contributed by atoms with Gasteiger partial charge in [0.05, 0.1) is 12.5 Å². The van der Waals surface area contributed by atoms with Crippen molar-refractivity contribution in [2.45, 2.75) is 55.9 Å². The van der Waals surface area contributed by atoms with Gasteiger partial charge in [-0.3, -0.25) is 14.5 Å². The van der Waals surface area contributed by atoms with Gasteiger partial charge in [-0.05, 0) is 79.9 Å². The highest BCUT2D eigenvalue weighted by Crippen LogP contribution is 2.33. The Labute approximate surface area is 221 Å². The second kappa shape index (κ2) is 10.8. The number of rotatable bonds is 5. The summed E-state index contributed by atoms with van der Waals surface area (Å²) in [7, 11) is 0. The van der Waals surface area contributed by atoms with E-state index in [2.05, 4.69) is 51.6 Å². The highest BCUT2D eigenvalue weighted by atomic mass is 79.9. The number of benzene rings is 2. The van der Waals surface area contributed by atoms with Crippen molar-refractivity contribution < 1.29 is 9.59 Å². The average Bonchev–Trinajstić information content (AvgIpc) is 2.88. The van der Waals surface area contributed by atoms with Crippen LogP contribution in [0.4, 0.5) is 0 Å².